The van der Waals surface area contributed by atoms with E-state index < -0.39 is 0 Å². The molecule has 3 aromatic rings. The van der Waals surface area contributed by atoms with Crippen molar-refractivity contribution in [1.82, 2.24) is 14.5 Å². The topological polar surface area (TPSA) is 21.1 Å². The van der Waals surface area contributed by atoms with Crippen LogP contribution in [0.25, 0.3) is 21.3 Å². The van der Waals surface area contributed by atoms with Crippen LogP contribution in [-0.4, -0.2) is 34.1 Å². The van der Waals surface area contributed by atoms with Crippen molar-refractivity contribution >= 4 is 32.6 Å². The van der Waals surface area contributed by atoms with Crippen molar-refractivity contribution in [2.75, 3.05) is 19.6 Å². The van der Waals surface area contributed by atoms with Crippen LogP contribution < -0.4 is 0 Å². The normalized spacial score (nSPS) is 12.0. The molecule has 0 saturated heterocycles. The third kappa shape index (κ3) is 2.66. The molecule has 0 N–H and O–H groups in total. The fourth-order valence-electron chi connectivity index (χ4n) is 3.12. The summed E-state index contributed by atoms with van der Waals surface area (Å²) in [4.78, 5) is 8.59. The van der Waals surface area contributed by atoms with Gasteiger partial charge in [0, 0.05) is 18.5 Å². The molecule has 0 amide bonds. The number of hydrogen-bond acceptors (Lipinski definition) is 3. The van der Waals surface area contributed by atoms with E-state index in [-0.39, 0.29) is 0 Å². The van der Waals surface area contributed by atoms with Gasteiger partial charge in [-0.1, -0.05) is 26.8 Å². The average molecular weight is 315 g/mol. The Morgan fingerprint density at radius 1 is 1.18 bits per heavy atom. The van der Waals surface area contributed by atoms with Crippen LogP contribution in [0.1, 0.15) is 31.3 Å². The van der Waals surface area contributed by atoms with Crippen molar-refractivity contribution in [2.24, 2.45) is 0 Å². The van der Waals surface area contributed by atoms with Gasteiger partial charge in [0.25, 0.3) is 0 Å². The monoisotopic (exact) mass is 315 g/mol. The standard InChI is InChI=1S/C18H25N3S/c1-5-14-8-9-16-15(12-14)17-18(22-13(4)19-17)21(16)11-10-20(6-2)7-3/h8-9,12H,5-7,10-11H2,1-4H3. The number of aromatic nitrogens is 2. The van der Waals surface area contributed by atoms with Gasteiger partial charge in [0.1, 0.15) is 10.3 Å². The summed E-state index contributed by atoms with van der Waals surface area (Å²) in [5.74, 6) is 0. The SMILES string of the molecule is CCc1ccc2c(c1)c1nc(C)sc1n2CCN(CC)CC. The molecule has 0 bridgehead atoms. The van der Waals surface area contributed by atoms with Crippen LogP contribution in [-0.2, 0) is 13.0 Å². The molecule has 3 rings (SSSR count). The van der Waals surface area contributed by atoms with E-state index >= 15 is 0 Å². The first-order valence-corrected chi connectivity index (χ1v) is 9.10. The van der Waals surface area contributed by atoms with Gasteiger partial charge >= 0.3 is 0 Å². The summed E-state index contributed by atoms with van der Waals surface area (Å²) in [7, 11) is 0. The van der Waals surface area contributed by atoms with Crippen LogP contribution in [0.2, 0.25) is 0 Å². The number of benzene rings is 1. The zero-order valence-corrected chi connectivity index (χ0v) is 14.8. The summed E-state index contributed by atoms with van der Waals surface area (Å²) in [6, 6.07) is 6.86. The second kappa shape index (κ2) is 6.39. The van der Waals surface area contributed by atoms with E-state index in [2.05, 4.69) is 55.4 Å². The van der Waals surface area contributed by atoms with E-state index in [0.717, 1.165) is 37.6 Å². The minimum Gasteiger partial charge on any atom is -0.330 e. The highest BCUT2D eigenvalue weighted by molar-refractivity contribution is 7.18. The Kier molecular flexibility index (Phi) is 4.50. The Bertz CT molecular complexity index is 780. The van der Waals surface area contributed by atoms with Gasteiger partial charge in [-0.2, -0.15) is 0 Å². The molecular weight excluding hydrogens is 290 g/mol. The molecule has 4 heteroatoms. The quantitative estimate of drug-likeness (QED) is 0.669. The molecule has 0 spiro atoms. The minimum atomic E-state index is 1.04. The summed E-state index contributed by atoms with van der Waals surface area (Å²) in [6.45, 7) is 13.1. The Labute approximate surface area is 136 Å². The largest absolute Gasteiger partial charge is 0.330 e. The Balaban J connectivity index is 2.09. The van der Waals surface area contributed by atoms with E-state index in [1.165, 1.54) is 26.8 Å². The predicted molar refractivity (Wildman–Crippen MR) is 97.0 cm³/mol. The second-order valence-corrected chi connectivity index (χ2v) is 6.95. The predicted octanol–water partition coefficient (Wildman–Crippen LogP) is 4.46. The van der Waals surface area contributed by atoms with E-state index in [9.17, 15) is 0 Å². The molecule has 0 unspecified atom stereocenters. The van der Waals surface area contributed by atoms with E-state index in [0.29, 0.717) is 0 Å². The molecule has 3 nitrogen and oxygen atoms in total. The van der Waals surface area contributed by atoms with Gasteiger partial charge in [-0.25, -0.2) is 4.98 Å². The maximum absolute atomic E-state index is 4.79. The molecule has 0 fully saturated rings. The highest BCUT2D eigenvalue weighted by Crippen LogP contribution is 2.33. The Morgan fingerprint density at radius 3 is 2.64 bits per heavy atom. The second-order valence-electron chi connectivity index (χ2n) is 5.77. The highest BCUT2D eigenvalue weighted by atomic mass is 32.1. The zero-order valence-electron chi connectivity index (χ0n) is 14.0. The first kappa shape index (κ1) is 15.5. The third-order valence-electron chi connectivity index (χ3n) is 4.51. The number of rotatable bonds is 6. The molecule has 0 aliphatic rings. The molecule has 0 saturated carbocycles. The van der Waals surface area contributed by atoms with Crippen molar-refractivity contribution in [3.63, 3.8) is 0 Å². The van der Waals surface area contributed by atoms with Crippen LogP contribution in [0.15, 0.2) is 18.2 Å². The Morgan fingerprint density at radius 2 is 1.95 bits per heavy atom. The van der Waals surface area contributed by atoms with Gasteiger partial charge < -0.3 is 9.47 Å². The van der Waals surface area contributed by atoms with E-state index in [1.807, 2.05) is 11.3 Å². The van der Waals surface area contributed by atoms with Crippen LogP contribution in [0, 0.1) is 6.92 Å². The molecule has 22 heavy (non-hydrogen) atoms. The van der Waals surface area contributed by atoms with Gasteiger partial charge in [0.2, 0.25) is 0 Å². The van der Waals surface area contributed by atoms with Crippen LogP contribution >= 0.6 is 11.3 Å². The first-order chi connectivity index (χ1) is 10.7. The molecular formula is C18H25N3S. The summed E-state index contributed by atoms with van der Waals surface area (Å²) in [5.41, 5.74) is 3.91. The number of thiazole rings is 1. The molecule has 118 valence electrons. The highest BCUT2D eigenvalue weighted by Gasteiger charge is 2.15. The molecule has 0 aliphatic heterocycles. The van der Waals surface area contributed by atoms with Crippen LogP contribution in [0.3, 0.4) is 0 Å². The third-order valence-corrected chi connectivity index (χ3v) is 5.50. The smallest absolute Gasteiger partial charge is 0.124 e. The molecule has 1 aromatic carbocycles. The van der Waals surface area contributed by atoms with E-state index in [4.69, 9.17) is 4.98 Å². The summed E-state index contributed by atoms with van der Waals surface area (Å²) in [6.07, 6.45) is 1.07. The van der Waals surface area contributed by atoms with E-state index in [1.54, 1.807) is 0 Å². The zero-order chi connectivity index (χ0) is 15.7. The minimum absolute atomic E-state index is 1.04. The van der Waals surface area contributed by atoms with Crippen LogP contribution in [0.5, 0.6) is 0 Å². The molecule has 2 aromatic heterocycles. The number of aryl methyl sites for hydroxylation is 2. The fraction of sp³-hybridized carbons (Fsp3) is 0.500. The van der Waals surface area contributed by atoms with Crippen molar-refractivity contribution in [3.8, 4) is 0 Å². The van der Waals surface area contributed by atoms with Crippen molar-refractivity contribution in [1.29, 1.82) is 0 Å². The lowest BCUT2D eigenvalue weighted by molar-refractivity contribution is 0.293. The fourth-order valence-corrected chi connectivity index (χ4v) is 4.08. The molecule has 0 radical (unpaired) electrons. The van der Waals surface area contributed by atoms with Gasteiger partial charge in [0.05, 0.1) is 10.5 Å². The average Bonchev–Trinajstić information content (AvgIpc) is 3.04. The lowest BCUT2D eigenvalue weighted by atomic mass is 10.1. The van der Waals surface area contributed by atoms with Gasteiger partial charge in [0.15, 0.2) is 0 Å². The molecule has 2 heterocycles. The van der Waals surface area contributed by atoms with Gasteiger partial charge in [-0.15, -0.1) is 11.3 Å². The molecule has 0 aliphatic carbocycles. The van der Waals surface area contributed by atoms with Gasteiger partial charge in [-0.05, 0) is 44.1 Å². The number of likely N-dealkylation sites (N-methyl/N-ethyl adjacent to an activating group) is 1. The summed E-state index contributed by atoms with van der Waals surface area (Å²) >= 11 is 1.82. The molecule has 0 atom stereocenters. The maximum Gasteiger partial charge on any atom is 0.124 e. The van der Waals surface area contributed by atoms with Crippen molar-refractivity contribution in [3.05, 3.63) is 28.8 Å². The number of hydrogen-bond donors (Lipinski definition) is 0. The Hall–Kier alpha value is -1.39. The van der Waals surface area contributed by atoms with Crippen LogP contribution in [0.4, 0.5) is 0 Å². The first-order valence-electron chi connectivity index (χ1n) is 8.28. The van der Waals surface area contributed by atoms with Crippen molar-refractivity contribution < 1.29 is 0 Å². The number of fused-ring (bicyclic) bond motifs is 3. The van der Waals surface area contributed by atoms with Crippen molar-refractivity contribution in [2.45, 2.75) is 40.7 Å². The maximum atomic E-state index is 4.79. The lowest BCUT2D eigenvalue weighted by Gasteiger charge is -2.18. The lowest BCUT2D eigenvalue weighted by Crippen LogP contribution is -2.26. The van der Waals surface area contributed by atoms with Gasteiger partial charge in [-0.3, -0.25) is 0 Å². The summed E-state index contributed by atoms with van der Waals surface area (Å²) < 4.78 is 2.47. The summed E-state index contributed by atoms with van der Waals surface area (Å²) in [5, 5.41) is 2.48. The number of nitrogens with zero attached hydrogens (tertiary/aromatic N) is 3.